The second kappa shape index (κ2) is 7.29. The van der Waals surface area contributed by atoms with Gasteiger partial charge in [-0.05, 0) is 24.6 Å². The van der Waals surface area contributed by atoms with Gasteiger partial charge in [0.2, 0.25) is 0 Å². The second-order valence-corrected chi connectivity index (χ2v) is 5.12. The Bertz CT molecular complexity index is 423. The van der Waals surface area contributed by atoms with Gasteiger partial charge in [0.05, 0.1) is 12.6 Å². The first kappa shape index (κ1) is 17.3. The highest BCUT2D eigenvalue weighted by Crippen LogP contribution is 2.32. The van der Waals surface area contributed by atoms with Gasteiger partial charge in [-0.2, -0.15) is 13.2 Å². The monoisotopic (exact) mass is 308 g/mol. The van der Waals surface area contributed by atoms with Crippen LogP contribution in [0.5, 0.6) is 0 Å². The normalized spacial score (nSPS) is 15.4. The Kier molecular flexibility index (Phi) is 6.30. The van der Waals surface area contributed by atoms with Crippen LogP contribution in [0.4, 0.5) is 13.2 Å². The number of hydrogen-bond donors (Lipinski definition) is 1. The first-order valence-corrected chi connectivity index (χ1v) is 6.98. The Labute approximate surface area is 122 Å². The lowest BCUT2D eigenvalue weighted by atomic mass is 9.96. The van der Waals surface area contributed by atoms with Gasteiger partial charge in [0.15, 0.2) is 0 Å². The Morgan fingerprint density at radius 2 is 1.85 bits per heavy atom. The van der Waals surface area contributed by atoms with Crippen LogP contribution in [-0.2, 0) is 0 Å². The van der Waals surface area contributed by atoms with Crippen LogP contribution in [0.15, 0.2) is 24.3 Å². The summed E-state index contributed by atoms with van der Waals surface area (Å²) in [6.45, 7) is 2.81. The van der Waals surface area contributed by atoms with E-state index in [-0.39, 0.29) is 6.54 Å². The van der Waals surface area contributed by atoms with E-state index in [1.54, 1.807) is 31.2 Å². The maximum Gasteiger partial charge on any atom is 0.401 e. The molecule has 2 atom stereocenters. The minimum absolute atomic E-state index is 0.253. The van der Waals surface area contributed by atoms with Gasteiger partial charge < -0.3 is 5.73 Å². The molecule has 0 aliphatic heterocycles. The predicted molar refractivity (Wildman–Crippen MR) is 75.8 cm³/mol. The lowest BCUT2D eigenvalue weighted by Crippen LogP contribution is -2.45. The molecule has 6 heteroatoms. The fourth-order valence-electron chi connectivity index (χ4n) is 2.27. The molecule has 0 saturated heterocycles. The van der Waals surface area contributed by atoms with Gasteiger partial charge >= 0.3 is 6.18 Å². The number of halogens is 4. The summed E-state index contributed by atoms with van der Waals surface area (Å²) in [6.07, 6.45) is -3.69. The highest BCUT2D eigenvalue weighted by molar-refractivity contribution is 6.31. The highest BCUT2D eigenvalue weighted by atomic mass is 35.5. The van der Waals surface area contributed by atoms with E-state index < -0.39 is 24.8 Å². The zero-order valence-electron chi connectivity index (χ0n) is 11.6. The molecule has 20 heavy (non-hydrogen) atoms. The van der Waals surface area contributed by atoms with E-state index in [9.17, 15) is 13.2 Å². The van der Waals surface area contributed by atoms with Gasteiger partial charge in [0.25, 0.3) is 0 Å². The molecule has 0 spiro atoms. The van der Waals surface area contributed by atoms with Crippen molar-refractivity contribution in [2.45, 2.75) is 38.5 Å². The van der Waals surface area contributed by atoms with Crippen LogP contribution in [0.3, 0.4) is 0 Å². The molecular formula is C14H20ClF3N2. The highest BCUT2D eigenvalue weighted by Gasteiger charge is 2.36. The smallest absolute Gasteiger partial charge is 0.326 e. The van der Waals surface area contributed by atoms with Crippen molar-refractivity contribution in [1.29, 1.82) is 0 Å². The van der Waals surface area contributed by atoms with E-state index in [1.165, 1.54) is 4.90 Å². The van der Waals surface area contributed by atoms with E-state index >= 15 is 0 Å². The Hall–Kier alpha value is -0.780. The zero-order valence-corrected chi connectivity index (χ0v) is 12.4. The molecule has 0 amide bonds. The third-order valence-electron chi connectivity index (χ3n) is 3.28. The molecule has 0 aliphatic carbocycles. The molecule has 2 nitrogen and oxygen atoms in total. The molecular weight excluding hydrogens is 289 g/mol. The number of benzene rings is 1. The van der Waals surface area contributed by atoms with Gasteiger partial charge in [-0.1, -0.05) is 43.6 Å². The molecule has 2 N–H and O–H groups in total. The summed E-state index contributed by atoms with van der Waals surface area (Å²) in [5.41, 5.74) is 6.69. The summed E-state index contributed by atoms with van der Waals surface area (Å²) in [4.78, 5) is 1.33. The van der Waals surface area contributed by atoms with Crippen LogP contribution < -0.4 is 5.73 Å². The molecule has 0 saturated carbocycles. The number of likely N-dealkylation sites (N-methyl/N-ethyl adjacent to an activating group) is 1. The van der Waals surface area contributed by atoms with Crippen molar-refractivity contribution in [3.8, 4) is 0 Å². The average Bonchev–Trinajstić information content (AvgIpc) is 2.38. The van der Waals surface area contributed by atoms with Crippen LogP contribution in [0.1, 0.15) is 31.9 Å². The zero-order chi connectivity index (χ0) is 15.3. The number of alkyl halides is 3. The first-order valence-electron chi connectivity index (χ1n) is 6.61. The third-order valence-corrected chi connectivity index (χ3v) is 3.63. The van der Waals surface area contributed by atoms with Crippen molar-refractivity contribution in [3.63, 3.8) is 0 Å². The summed E-state index contributed by atoms with van der Waals surface area (Å²) in [5, 5.41) is 0.446. The maximum absolute atomic E-state index is 12.7. The van der Waals surface area contributed by atoms with Crippen molar-refractivity contribution >= 4 is 11.6 Å². The minimum Gasteiger partial charge on any atom is -0.326 e. The van der Waals surface area contributed by atoms with Crippen LogP contribution in [-0.4, -0.2) is 30.2 Å². The largest absolute Gasteiger partial charge is 0.401 e. The number of nitrogens with zero attached hydrogens (tertiary/aromatic N) is 1. The van der Waals surface area contributed by atoms with E-state index in [0.29, 0.717) is 17.0 Å². The molecule has 0 radical (unpaired) electrons. The summed E-state index contributed by atoms with van der Waals surface area (Å²) in [5.74, 6) is 0. The molecule has 0 heterocycles. The van der Waals surface area contributed by atoms with E-state index in [0.717, 1.165) is 0 Å². The predicted octanol–water partition coefficient (Wildman–Crippen LogP) is 4.00. The molecule has 0 aromatic heterocycles. The van der Waals surface area contributed by atoms with Crippen LogP contribution >= 0.6 is 11.6 Å². The van der Waals surface area contributed by atoms with Gasteiger partial charge in [-0.3, -0.25) is 4.90 Å². The molecule has 1 aromatic carbocycles. The van der Waals surface area contributed by atoms with E-state index in [2.05, 4.69) is 0 Å². The minimum atomic E-state index is -4.26. The van der Waals surface area contributed by atoms with Gasteiger partial charge in [-0.25, -0.2) is 0 Å². The average molecular weight is 309 g/mol. The maximum atomic E-state index is 12.7. The van der Waals surface area contributed by atoms with Crippen molar-refractivity contribution in [2.75, 3.05) is 13.1 Å². The first-order chi connectivity index (χ1) is 9.30. The van der Waals surface area contributed by atoms with Gasteiger partial charge in [0, 0.05) is 11.1 Å². The Morgan fingerprint density at radius 1 is 1.25 bits per heavy atom. The Morgan fingerprint density at radius 3 is 2.30 bits per heavy atom. The van der Waals surface area contributed by atoms with Crippen LogP contribution in [0.25, 0.3) is 0 Å². The topological polar surface area (TPSA) is 29.3 Å². The van der Waals surface area contributed by atoms with Crippen LogP contribution in [0.2, 0.25) is 5.02 Å². The number of hydrogen-bond acceptors (Lipinski definition) is 2. The summed E-state index contributed by atoms with van der Waals surface area (Å²) in [6, 6.07) is 5.98. The lowest BCUT2D eigenvalue weighted by molar-refractivity contribution is -0.151. The molecule has 114 valence electrons. The van der Waals surface area contributed by atoms with Crippen molar-refractivity contribution in [1.82, 2.24) is 4.90 Å². The summed E-state index contributed by atoms with van der Waals surface area (Å²) >= 11 is 6.13. The second-order valence-electron chi connectivity index (χ2n) is 4.72. The number of nitrogens with two attached hydrogens (primary N) is 1. The number of rotatable bonds is 6. The fraction of sp³-hybridized carbons (Fsp3) is 0.571. The molecule has 1 rings (SSSR count). The van der Waals surface area contributed by atoms with Crippen molar-refractivity contribution in [3.05, 3.63) is 34.9 Å². The van der Waals surface area contributed by atoms with Crippen molar-refractivity contribution < 1.29 is 13.2 Å². The quantitative estimate of drug-likeness (QED) is 0.860. The molecule has 2 unspecified atom stereocenters. The SMILES string of the molecule is CCC(N)C(c1ccccc1Cl)N(CC)CC(F)(F)F. The van der Waals surface area contributed by atoms with Crippen LogP contribution in [0, 0.1) is 0 Å². The van der Waals surface area contributed by atoms with Crippen molar-refractivity contribution in [2.24, 2.45) is 5.73 Å². The molecule has 0 fully saturated rings. The lowest BCUT2D eigenvalue weighted by Gasteiger charge is -2.35. The Balaban J connectivity index is 3.14. The molecule has 0 bridgehead atoms. The summed E-state index contributed by atoms with van der Waals surface area (Å²) in [7, 11) is 0. The van der Waals surface area contributed by atoms with E-state index in [4.69, 9.17) is 17.3 Å². The third kappa shape index (κ3) is 4.65. The molecule has 0 aliphatic rings. The van der Waals surface area contributed by atoms with E-state index in [1.807, 2.05) is 6.92 Å². The summed E-state index contributed by atoms with van der Waals surface area (Å²) < 4.78 is 38.2. The fourth-order valence-corrected chi connectivity index (χ4v) is 2.52. The van der Waals surface area contributed by atoms with Gasteiger partial charge in [0.1, 0.15) is 0 Å². The van der Waals surface area contributed by atoms with Gasteiger partial charge in [-0.15, -0.1) is 0 Å². The standard InChI is InChI=1S/C14H20ClF3N2/c1-3-12(19)13(10-7-5-6-8-11(10)15)20(4-2)9-14(16,17)18/h5-8,12-13H,3-4,9,19H2,1-2H3. The molecule has 1 aromatic rings.